The Kier molecular flexibility index (Phi) is 4.31. The molecule has 1 aromatic carbocycles. The summed E-state index contributed by atoms with van der Waals surface area (Å²) in [6.45, 7) is 3.83. The van der Waals surface area contributed by atoms with Gasteiger partial charge in [-0.05, 0) is 25.5 Å². The number of halogens is 1. The third-order valence-corrected chi connectivity index (χ3v) is 2.31. The van der Waals surface area contributed by atoms with Crippen molar-refractivity contribution >= 4 is 23.2 Å². The summed E-state index contributed by atoms with van der Waals surface area (Å²) in [6.07, 6.45) is 0.808. The van der Waals surface area contributed by atoms with Gasteiger partial charge in [0.1, 0.15) is 0 Å². The minimum absolute atomic E-state index is 0.284. The summed E-state index contributed by atoms with van der Waals surface area (Å²) in [4.78, 5) is 11.6. The van der Waals surface area contributed by atoms with Crippen molar-refractivity contribution in [1.82, 2.24) is 5.43 Å². The Morgan fingerprint density at radius 1 is 1.47 bits per heavy atom. The molecule has 0 aromatic heterocycles. The fourth-order valence-electron chi connectivity index (χ4n) is 0.931. The van der Waals surface area contributed by atoms with Gasteiger partial charge in [-0.3, -0.25) is 4.79 Å². The van der Waals surface area contributed by atoms with Gasteiger partial charge in [-0.25, -0.2) is 5.43 Å². The molecule has 1 rings (SSSR count). The van der Waals surface area contributed by atoms with Crippen LogP contribution in [0, 0.1) is 0 Å². The average Bonchev–Trinajstić information content (AvgIpc) is 2.26. The Labute approximate surface area is 94.1 Å². The quantitative estimate of drug-likeness (QED) is 0.623. The molecule has 4 heteroatoms. The van der Waals surface area contributed by atoms with Crippen molar-refractivity contribution in [3.8, 4) is 0 Å². The van der Waals surface area contributed by atoms with Crippen LogP contribution in [0.1, 0.15) is 30.6 Å². The van der Waals surface area contributed by atoms with E-state index in [4.69, 9.17) is 11.6 Å². The molecule has 0 heterocycles. The van der Waals surface area contributed by atoms with Gasteiger partial charge in [0.2, 0.25) is 0 Å². The lowest BCUT2D eigenvalue weighted by Gasteiger charge is -2.02. The average molecular weight is 225 g/mol. The maximum Gasteiger partial charge on any atom is 0.272 e. The molecule has 3 nitrogen and oxygen atoms in total. The third kappa shape index (κ3) is 3.36. The van der Waals surface area contributed by atoms with E-state index in [1.165, 1.54) is 0 Å². The van der Waals surface area contributed by atoms with E-state index in [0.29, 0.717) is 10.6 Å². The molecule has 1 aromatic rings. The molecule has 1 N–H and O–H groups in total. The predicted octanol–water partition coefficient (Wildman–Crippen LogP) is 2.86. The lowest BCUT2D eigenvalue weighted by atomic mass is 10.2. The van der Waals surface area contributed by atoms with Gasteiger partial charge >= 0.3 is 0 Å². The molecule has 0 aliphatic rings. The van der Waals surface area contributed by atoms with Crippen LogP contribution in [0.15, 0.2) is 29.4 Å². The lowest BCUT2D eigenvalue weighted by Crippen LogP contribution is -2.19. The molecule has 0 atom stereocenters. The van der Waals surface area contributed by atoms with Gasteiger partial charge in [0, 0.05) is 5.71 Å². The number of nitrogens with zero attached hydrogens (tertiary/aromatic N) is 1. The number of carbonyl (C=O) groups excluding carboxylic acids is 1. The van der Waals surface area contributed by atoms with Crippen molar-refractivity contribution < 1.29 is 4.79 Å². The standard InChI is InChI=1S/C11H13ClN2O/c1-3-8(2)13-14-11(15)9-6-4-5-7-10(9)12/h4-7H,3H2,1-2H3,(H,14,15)/b13-8-. The van der Waals surface area contributed by atoms with Crippen LogP contribution in [0.4, 0.5) is 0 Å². The first-order valence-corrected chi connectivity index (χ1v) is 5.11. The Bertz CT molecular complexity index is 388. The zero-order valence-electron chi connectivity index (χ0n) is 8.75. The zero-order valence-corrected chi connectivity index (χ0v) is 9.51. The van der Waals surface area contributed by atoms with Crippen molar-refractivity contribution in [2.24, 2.45) is 5.10 Å². The molecule has 0 aliphatic heterocycles. The van der Waals surface area contributed by atoms with E-state index in [2.05, 4.69) is 10.5 Å². The van der Waals surface area contributed by atoms with Gasteiger partial charge in [-0.1, -0.05) is 30.7 Å². The Morgan fingerprint density at radius 2 is 2.13 bits per heavy atom. The molecule has 0 aliphatic carbocycles. The molecule has 15 heavy (non-hydrogen) atoms. The van der Waals surface area contributed by atoms with Crippen molar-refractivity contribution in [3.63, 3.8) is 0 Å². The highest BCUT2D eigenvalue weighted by Gasteiger charge is 2.07. The maximum absolute atomic E-state index is 11.6. The largest absolute Gasteiger partial charge is 0.272 e. The van der Waals surface area contributed by atoms with E-state index >= 15 is 0 Å². The first-order valence-electron chi connectivity index (χ1n) is 4.73. The highest BCUT2D eigenvalue weighted by Crippen LogP contribution is 2.14. The van der Waals surface area contributed by atoms with Crippen LogP contribution in [0.2, 0.25) is 5.02 Å². The number of nitrogens with one attached hydrogen (secondary N) is 1. The van der Waals surface area contributed by atoms with Crippen molar-refractivity contribution in [1.29, 1.82) is 0 Å². The Hall–Kier alpha value is -1.35. The number of rotatable bonds is 3. The van der Waals surface area contributed by atoms with Crippen molar-refractivity contribution in [2.75, 3.05) is 0 Å². The topological polar surface area (TPSA) is 41.5 Å². The van der Waals surface area contributed by atoms with Crippen LogP contribution in [0.3, 0.4) is 0 Å². The Morgan fingerprint density at radius 3 is 2.73 bits per heavy atom. The van der Waals surface area contributed by atoms with Crippen LogP contribution in [-0.2, 0) is 0 Å². The van der Waals surface area contributed by atoms with Crippen LogP contribution in [0.25, 0.3) is 0 Å². The minimum atomic E-state index is -0.284. The van der Waals surface area contributed by atoms with Gasteiger partial charge in [0.05, 0.1) is 10.6 Å². The molecule has 0 spiro atoms. The van der Waals surface area contributed by atoms with Crippen LogP contribution < -0.4 is 5.43 Å². The van der Waals surface area contributed by atoms with E-state index in [0.717, 1.165) is 12.1 Å². The number of hydrogen-bond acceptors (Lipinski definition) is 2. The fourth-order valence-corrected chi connectivity index (χ4v) is 1.15. The van der Waals surface area contributed by atoms with Gasteiger partial charge in [-0.2, -0.15) is 5.10 Å². The monoisotopic (exact) mass is 224 g/mol. The molecule has 0 radical (unpaired) electrons. The molecule has 0 fully saturated rings. The summed E-state index contributed by atoms with van der Waals surface area (Å²) in [5.74, 6) is -0.284. The second-order valence-corrected chi connectivity index (χ2v) is 3.53. The number of hydrogen-bond donors (Lipinski definition) is 1. The van der Waals surface area contributed by atoms with Crippen LogP contribution in [0.5, 0.6) is 0 Å². The summed E-state index contributed by atoms with van der Waals surface area (Å²) in [7, 11) is 0. The van der Waals surface area contributed by atoms with E-state index in [9.17, 15) is 4.79 Å². The zero-order chi connectivity index (χ0) is 11.3. The van der Waals surface area contributed by atoms with Crippen LogP contribution in [-0.4, -0.2) is 11.6 Å². The number of hydrazone groups is 1. The number of amides is 1. The summed E-state index contributed by atoms with van der Waals surface area (Å²) < 4.78 is 0. The second kappa shape index (κ2) is 5.51. The molecule has 0 saturated heterocycles. The van der Waals surface area contributed by atoms with E-state index in [1.54, 1.807) is 24.3 Å². The lowest BCUT2D eigenvalue weighted by molar-refractivity contribution is 0.0955. The van der Waals surface area contributed by atoms with Crippen LogP contribution >= 0.6 is 11.6 Å². The van der Waals surface area contributed by atoms with Gasteiger partial charge in [0.15, 0.2) is 0 Å². The van der Waals surface area contributed by atoms with Gasteiger partial charge < -0.3 is 0 Å². The van der Waals surface area contributed by atoms with Crippen molar-refractivity contribution in [3.05, 3.63) is 34.9 Å². The molecule has 80 valence electrons. The van der Waals surface area contributed by atoms with Gasteiger partial charge in [-0.15, -0.1) is 0 Å². The SMILES string of the molecule is CC/C(C)=N\NC(=O)c1ccccc1Cl. The molecule has 0 bridgehead atoms. The molecule has 0 saturated carbocycles. The Balaban J connectivity index is 2.74. The fraction of sp³-hybridized carbons (Fsp3) is 0.273. The first-order chi connectivity index (χ1) is 7.15. The van der Waals surface area contributed by atoms with E-state index in [-0.39, 0.29) is 5.91 Å². The first kappa shape index (κ1) is 11.7. The smallest absolute Gasteiger partial charge is 0.267 e. The molecule has 0 unspecified atom stereocenters. The van der Waals surface area contributed by atoms with E-state index < -0.39 is 0 Å². The predicted molar refractivity (Wildman–Crippen MR) is 62.3 cm³/mol. The molecule has 1 amide bonds. The summed E-state index contributed by atoms with van der Waals surface area (Å²) in [5, 5.41) is 4.35. The van der Waals surface area contributed by atoms with E-state index in [1.807, 2.05) is 13.8 Å². The highest BCUT2D eigenvalue weighted by atomic mass is 35.5. The van der Waals surface area contributed by atoms with Crippen molar-refractivity contribution in [2.45, 2.75) is 20.3 Å². The summed E-state index contributed by atoms with van der Waals surface area (Å²) in [6, 6.07) is 6.87. The van der Waals surface area contributed by atoms with Gasteiger partial charge in [0.25, 0.3) is 5.91 Å². The molecular formula is C11H13ClN2O. The number of benzene rings is 1. The summed E-state index contributed by atoms with van der Waals surface area (Å²) in [5.41, 5.74) is 3.76. The molecular weight excluding hydrogens is 212 g/mol. The normalized spacial score (nSPS) is 11.3. The third-order valence-electron chi connectivity index (χ3n) is 1.98. The number of carbonyl (C=O) groups is 1. The highest BCUT2D eigenvalue weighted by molar-refractivity contribution is 6.33. The summed E-state index contributed by atoms with van der Waals surface area (Å²) >= 11 is 5.86. The maximum atomic E-state index is 11.6. The second-order valence-electron chi connectivity index (χ2n) is 3.12. The minimum Gasteiger partial charge on any atom is -0.267 e.